The SMILES string of the molecule is CC(=O)NCc1ccc(-c2csc(NC(=O)c3cccnc3Nc3cccc(F)c3)n2)o1. The summed E-state index contributed by atoms with van der Waals surface area (Å²) in [6, 6.07) is 12.6. The molecule has 0 fully saturated rings. The Morgan fingerprint density at radius 1 is 1.16 bits per heavy atom. The van der Waals surface area contributed by atoms with Gasteiger partial charge in [-0.25, -0.2) is 14.4 Å². The highest BCUT2D eigenvalue weighted by Crippen LogP contribution is 2.27. The zero-order valence-corrected chi connectivity index (χ0v) is 17.7. The molecule has 4 aromatic rings. The van der Waals surface area contributed by atoms with E-state index in [-0.39, 0.29) is 18.0 Å². The predicted octanol–water partition coefficient (Wildman–Crippen LogP) is 4.57. The van der Waals surface area contributed by atoms with Crippen LogP contribution in [0.3, 0.4) is 0 Å². The number of thiazole rings is 1. The van der Waals surface area contributed by atoms with E-state index in [0.717, 1.165) is 0 Å². The molecule has 0 bridgehead atoms. The maximum Gasteiger partial charge on any atom is 0.261 e. The van der Waals surface area contributed by atoms with Crippen LogP contribution in [0.4, 0.5) is 21.0 Å². The monoisotopic (exact) mass is 451 g/mol. The standard InChI is InChI=1S/C22H18FN5O3S/c1-13(29)25-11-16-7-8-19(31-16)18-12-32-22(27-18)28-21(30)17-6-3-9-24-20(17)26-15-5-2-4-14(23)10-15/h2-10,12H,11H2,1H3,(H,24,26)(H,25,29)(H,27,28,30). The lowest BCUT2D eigenvalue weighted by atomic mass is 10.2. The van der Waals surface area contributed by atoms with Crippen LogP contribution in [0.2, 0.25) is 0 Å². The van der Waals surface area contributed by atoms with Crippen molar-refractivity contribution in [2.24, 2.45) is 0 Å². The van der Waals surface area contributed by atoms with E-state index in [9.17, 15) is 14.0 Å². The summed E-state index contributed by atoms with van der Waals surface area (Å²) in [7, 11) is 0. The second-order valence-electron chi connectivity index (χ2n) is 6.70. The molecule has 0 unspecified atom stereocenters. The van der Waals surface area contributed by atoms with Gasteiger partial charge in [-0.05, 0) is 42.5 Å². The lowest BCUT2D eigenvalue weighted by molar-refractivity contribution is -0.119. The number of rotatable bonds is 7. The molecule has 32 heavy (non-hydrogen) atoms. The summed E-state index contributed by atoms with van der Waals surface area (Å²) in [6.07, 6.45) is 1.54. The van der Waals surface area contributed by atoms with Gasteiger partial charge >= 0.3 is 0 Å². The minimum Gasteiger partial charge on any atom is -0.458 e. The van der Waals surface area contributed by atoms with Gasteiger partial charge in [-0.1, -0.05) is 6.07 Å². The van der Waals surface area contributed by atoms with Crippen molar-refractivity contribution >= 4 is 39.8 Å². The molecule has 3 aromatic heterocycles. The van der Waals surface area contributed by atoms with E-state index >= 15 is 0 Å². The average molecular weight is 451 g/mol. The van der Waals surface area contributed by atoms with E-state index in [2.05, 4.69) is 25.9 Å². The first-order valence-electron chi connectivity index (χ1n) is 9.56. The fourth-order valence-corrected chi connectivity index (χ4v) is 3.52. The Morgan fingerprint density at radius 3 is 2.84 bits per heavy atom. The molecular weight excluding hydrogens is 433 g/mol. The van der Waals surface area contributed by atoms with E-state index in [0.29, 0.717) is 33.9 Å². The molecule has 3 heterocycles. The number of carbonyl (C=O) groups is 2. The Kier molecular flexibility index (Phi) is 6.22. The van der Waals surface area contributed by atoms with E-state index in [1.807, 2.05) is 0 Å². The predicted molar refractivity (Wildman–Crippen MR) is 119 cm³/mol. The molecule has 10 heteroatoms. The van der Waals surface area contributed by atoms with Crippen molar-refractivity contribution in [2.45, 2.75) is 13.5 Å². The van der Waals surface area contributed by atoms with Crippen LogP contribution in [0.15, 0.2) is 64.5 Å². The van der Waals surface area contributed by atoms with Gasteiger partial charge in [-0.2, -0.15) is 0 Å². The maximum absolute atomic E-state index is 13.5. The van der Waals surface area contributed by atoms with Gasteiger partial charge in [0, 0.05) is 24.2 Å². The molecule has 0 aliphatic rings. The molecule has 0 radical (unpaired) electrons. The number of aromatic nitrogens is 2. The average Bonchev–Trinajstić information content (AvgIpc) is 3.42. The Morgan fingerprint density at radius 2 is 2.03 bits per heavy atom. The van der Waals surface area contributed by atoms with Gasteiger partial charge in [0.15, 0.2) is 10.9 Å². The summed E-state index contributed by atoms with van der Waals surface area (Å²) >= 11 is 1.24. The van der Waals surface area contributed by atoms with Crippen LogP contribution in [-0.4, -0.2) is 21.8 Å². The minimum atomic E-state index is -0.413. The number of nitrogens with one attached hydrogen (secondary N) is 3. The molecule has 8 nitrogen and oxygen atoms in total. The third-order valence-electron chi connectivity index (χ3n) is 4.29. The molecule has 2 amide bonds. The topological polar surface area (TPSA) is 109 Å². The van der Waals surface area contributed by atoms with Gasteiger partial charge < -0.3 is 15.1 Å². The van der Waals surface area contributed by atoms with Crippen molar-refractivity contribution in [3.05, 3.63) is 77.2 Å². The molecule has 0 aliphatic heterocycles. The molecular formula is C22H18FN5O3S. The molecule has 0 atom stereocenters. The highest BCUT2D eigenvalue weighted by molar-refractivity contribution is 7.14. The summed E-state index contributed by atoms with van der Waals surface area (Å²) < 4.78 is 19.2. The third-order valence-corrected chi connectivity index (χ3v) is 5.05. The van der Waals surface area contributed by atoms with E-state index in [1.54, 1.807) is 41.8 Å². The lowest BCUT2D eigenvalue weighted by Crippen LogP contribution is -2.18. The number of benzene rings is 1. The summed E-state index contributed by atoms with van der Waals surface area (Å²) in [5, 5.41) is 10.5. The van der Waals surface area contributed by atoms with E-state index in [4.69, 9.17) is 4.42 Å². The van der Waals surface area contributed by atoms with Crippen LogP contribution in [0, 0.1) is 5.82 Å². The molecule has 162 valence electrons. The molecule has 0 aliphatic carbocycles. The summed E-state index contributed by atoms with van der Waals surface area (Å²) in [5.74, 6) is 0.451. The number of amides is 2. The van der Waals surface area contributed by atoms with Gasteiger partial charge in [0.25, 0.3) is 5.91 Å². The zero-order chi connectivity index (χ0) is 22.5. The van der Waals surface area contributed by atoms with Crippen LogP contribution < -0.4 is 16.0 Å². The summed E-state index contributed by atoms with van der Waals surface area (Å²) in [6.45, 7) is 1.71. The van der Waals surface area contributed by atoms with Crippen molar-refractivity contribution in [3.63, 3.8) is 0 Å². The Hall–Kier alpha value is -4.05. The summed E-state index contributed by atoms with van der Waals surface area (Å²) in [5.41, 5.74) is 1.31. The van der Waals surface area contributed by atoms with Crippen LogP contribution in [-0.2, 0) is 11.3 Å². The molecule has 0 saturated carbocycles. The third kappa shape index (κ3) is 5.16. The van der Waals surface area contributed by atoms with Gasteiger partial charge in [0.05, 0.1) is 12.1 Å². The van der Waals surface area contributed by atoms with Gasteiger partial charge in [-0.3, -0.25) is 14.9 Å². The fraction of sp³-hybridized carbons (Fsp3) is 0.0909. The minimum absolute atomic E-state index is 0.150. The molecule has 4 rings (SSSR count). The maximum atomic E-state index is 13.5. The first-order valence-corrected chi connectivity index (χ1v) is 10.4. The van der Waals surface area contributed by atoms with Crippen LogP contribution in [0.25, 0.3) is 11.5 Å². The van der Waals surface area contributed by atoms with Crippen LogP contribution in [0.1, 0.15) is 23.0 Å². The normalized spacial score (nSPS) is 10.6. The van der Waals surface area contributed by atoms with Crippen molar-refractivity contribution in [2.75, 3.05) is 10.6 Å². The highest BCUT2D eigenvalue weighted by atomic mass is 32.1. The van der Waals surface area contributed by atoms with E-state index < -0.39 is 11.7 Å². The second kappa shape index (κ2) is 9.40. The molecule has 3 N–H and O–H groups in total. The zero-order valence-electron chi connectivity index (χ0n) is 16.9. The van der Waals surface area contributed by atoms with Crippen molar-refractivity contribution in [3.8, 4) is 11.5 Å². The fourth-order valence-electron chi connectivity index (χ4n) is 2.82. The quantitative estimate of drug-likeness (QED) is 0.380. The Balaban J connectivity index is 1.46. The molecule has 0 spiro atoms. The Labute approximate surface area is 186 Å². The second-order valence-corrected chi connectivity index (χ2v) is 7.56. The van der Waals surface area contributed by atoms with Crippen molar-refractivity contribution in [1.29, 1.82) is 0 Å². The van der Waals surface area contributed by atoms with Crippen LogP contribution >= 0.6 is 11.3 Å². The van der Waals surface area contributed by atoms with Gasteiger partial charge in [0.2, 0.25) is 5.91 Å². The number of hydrogen-bond donors (Lipinski definition) is 3. The smallest absolute Gasteiger partial charge is 0.261 e. The van der Waals surface area contributed by atoms with Crippen LogP contribution in [0.5, 0.6) is 0 Å². The van der Waals surface area contributed by atoms with E-state index in [1.165, 1.54) is 36.6 Å². The number of anilines is 3. The molecule has 1 aromatic carbocycles. The van der Waals surface area contributed by atoms with Gasteiger partial charge in [-0.15, -0.1) is 11.3 Å². The van der Waals surface area contributed by atoms with Gasteiger partial charge in [0.1, 0.15) is 23.1 Å². The first kappa shape index (κ1) is 21.2. The highest BCUT2D eigenvalue weighted by Gasteiger charge is 2.16. The Bertz CT molecular complexity index is 1270. The van der Waals surface area contributed by atoms with Crippen molar-refractivity contribution < 1.29 is 18.4 Å². The van der Waals surface area contributed by atoms with Crippen molar-refractivity contribution in [1.82, 2.24) is 15.3 Å². The number of carbonyl (C=O) groups excluding carboxylic acids is 2. The summed E-state index contributed by atoms with van der Waals surface area (Å²) in [4.78, 5) is 32.4. The number of pyridine rings is 1. The lowest BCUT2D eigenvalue weighted by Gasteiger charge is -2.10. The molecule has 0 saturated heterocycles. The number of halogens is 1. The number of furan rings is 1. The number of hydrogen-bond acceptors (Lipinski definition) is 7. The largest absolute Gasteiger partial charge is 0.458 e. The number of nitrogens with zero attached hydrogens (tertiary/aromatic N) is 2. The first-order chi connectivity index (χ1) is 15.5.